The smallest absolute Gasteiger partial charge is 0.213 e. The van der Waals surface area contributed by atoms with E-state index in [4.69, 9.17) is 12.2 Å². The summed E-state index contributed by atoms with van der Waals surface area (Å²) in [5, 5.41) is 2.10. The molecule has 0 aliphatic carbocycles. The number of hydrogen-bond acceptors (Lipinski definition) is 4. The van der Waals surface area contributed by atoms with Crippen LogP contribution in [0.1, 0.15) is 0 Å². The van der Waals surface area contributed by atoms with Gasteiger partial charge in [0.15, 0.2) is 0 Å². The van der Waals surface area contributed by atoms with Crippen molar-refractivity contribution in [1.82, 2.24) is 26.8 Å². The fourth-order valence-corrected chi connectivity index (χ4v) is 0.762. The molecule has 0 atom stereocenters. The van der Waals surface area contributed by atoms with Gasteiger partial charge in [0, 0.05) is 21.1 Å². The van der Waals surface area contributed by atoms with E-state index in [0.29, 0.717) is 5.11 Å². The molecule has 0 amide bonds. The molecule has 0 aliphatic rings. The molecule has 0 aromatic heterocycles. The Kier molecular flexibility index (Phi) is 5.13. The normalized spacial score (nSPS) is 9.10. The second-order valence-corrected chi connectivity index (χ2v) is 1.85. The second kappa shape index (κ2) is 5.36. The second-order valence-electron chi connectivity index (χ2n) is 1.46. The number of nitrogens with zero attached hydrogens (tertiary/aromatic N) is 1. The van der Waals surface area contributed by atoms with E-state index in [1.807, 2.05) is 0 Å². The van der Waals surface area contributed by atoms with Crippen molar-refractivity contribution in [3.8, 4) is 0 Å². The van der Waals surface area contributed by atoms with Crippen LogP contribution in [0, 0.1) is 0 Å². The van der Waals surface area contributed by atoms with Gasteiger partial charge in [-0.25, -0.2) is 21.4 Å². The number of hydrogen-bond donors (Lipinski definition) is 4. The van der Waals surface area contributed by atoms with Crippen LogP contribution in [0.4, 0.5) is 0 Å². The largest absolute Gasteiger partial charge is 0.296 e. The quantitative estimate of drug-likeness (QED) is 0.302. The van der Waals surface area contributed by atoms with E-state index in [0.717, 1.165) is 0 Å². The van der Waals surface area contributed by atoms with E-state index in [1.165, 1.54) is 0 Å². The van der Waals surface area contributed by atoms with E-state index in [1.54, 1.807) is 26.3 Å². The zero-order valence-electron chi connectivity index (χ0n) is 6.36. The molecule has 10 heavy (non-hydrogen) atoms. The van der Waals surface area contributed by atoms with Gasteiger partial charge in [-0.1, -0.05) is 0 Å². The minimum absolute atomic E-state index is 0.535. The zero-order valence-corrected chi connectivity index (χ0v) is 7.17. The van der Waals surface area contributed by atoms with Crippen molar-refractivity contribution < 1.29 is 0 Å². The lowest BCUT2D eigenvalue weighted by Crippen LogP contribution is -2.55. The lowest BCUT2D eigenvalue weighted by molar-refractivity contribution is 0.260. The molecule has 0 saturated carbocycles. The van der Waals surface area contributed by atoms with Crippen LogP contribution in [-0.2, 0) is 0 Å². The first kappa shape index (κ1) is 9.57. The van der Waals surface area contributed by atoms with E-state index in [2.05, 4.69) is 21.7 Å². The van der Waals surface area contributed by atoms with Gasteiger partial charge in [-0.15, -0.1) is 0 Å². The first-order chi connectivity index (χ1) is 4.76. The Bertz CT molecular complexity index is 102. The molecule has 60 valence electrons. The summed E-state index contributed by atoms with van der Waals surface area (Å²) in [6.45, 7) is 0. The highest BCUT2D eigenvalue weighted by molar-refractivity contribution is 7.80. The summed E-state index contributed by atoms with van der Waals surface area (Å²) >= 11 is 4.90. The highest BCUT2D eigenvalue weighted by Crippen LogP contribution is 1.73. The third-order valence-electron chi connectivity index (χ3n) is 0.882. The van der Waals surface area contributed by atoms with Gasteiger partial charge in [0.2, 0.25) is 5.11 Å². The molecule has 0 aromatic carbocycles. The molecule has 0 aliphatic heterocycles. The van der Waals surface area contributed by atoms with Gasteiger partial charge in [0.05, 0.1) is 0 Å². The van der Waals surface area contributed by atoms with Crippen molar-refractivity contribution in [2.75, 3.05) is 21.1 Å². The van der Waals surface area contributed by atoms with Crippen molar-refractivity contribution in [3.05, 3.63) is 0 Å². The minimum Gasteiger partial charge on any atom is -0.296 e. The predicted octanol–water partition coefficient (Wildman–Crippen LogP) is -1.43. The minimum atomic E-state index is 0.535. The molecule has 0 spiro atoms. The van der Waals surface area contributed by atoms with E-state index in [9.17, 15) is 0 Å². The maximum atomic E-state index is 4.90. The van der Waals surface area contributed by atoms with Gasteiger partial charge >= 0.3 is 0 Å². The van der Waals surface area contributed by atoms with Crippen LogP contribution in [0.25, 0.3) is 0 Å². The van der Waals surface area contributed by atoms with Crippen LogP contribution in [0.5, 0.6) is 0 Å². The van der Waals surface area contributed by atoms with Crippen LogP contribution >= 0.6 is 12.2 Å². The van der Waals surface area contributed by atoms with Crippen LogP contribution in [-0.4, -0.2) is 31.4 Å². The molecule has 0 unspecified atom stereocenters. The lowest BCUT2D eigenvalue weighted by Gasteiger charge is -2.22. The van der Waals surface area contributed by atoms with Crippen molar-refractivity contribution in [2.45, 2.75) is 0 Å². The van der Waals surface area contributed by atoms with E-state index >= 15 is 0 Å². The SMILES string of the molecule is CNNC(=S)N(NC)NC. The molecule has 0 bridgehead atoms. The lowest BCUT2D eigenvalue weighted by atomic mass is 11.1. The summed E-state index contributed by atoms with van der Waals surface area (Å²) in [6, 6.07) is 0. The van der Waals surface area contributed by atoms with Crippen LogP contribution in [0.15, 0.2) is 0 Å². The average Bonchev–Trinajstić information content (AvgIpc) is 1.91. The summed E-state index contributed by atoms with van der Waals surface area (Å²) < 4.78 is 0. The highest BCUT2D eigenvalue weighted by atomic mass is 32.1. The Morgan fingerprint density at radius 1 is 1.20 bits per heavy atom. The Morgan fingerprint density at radius 2 is 1.70 bits per heavy atom. The van der Waals surface area contributed by atoms with Gasteiger partial charge in [0.25, 0.3) is 0 Å². The van der Waals surface area contributed by atoms with Crippen LogP contribution in [0.2, 0.25) is 0 Å². The van der Waals surface area contributed by atoms with Gasteiger partial charge in [-0.05, 0) is 12.2 Å². The maximum absolute atomic E-state index is 4.90. The Labute approximate surface area is 66.1 Å². The molecule has 0 rings (SSSR count). The highest BCUT2D eigenvalue weighted by Gasteiger charge is 2.00. The predicted molar refractivity (Wildman–Crippen MR) is 44.8 cm³/mol. The van der Waals surface area contributed by atoms with Crippen molar-refractivity contribution in [1.29, 1.82) is 0 Å². The Morgan fingerprint density at radius 3 is 2.00 bits per heavy atom. The van der Waals surface area contributed by atoms with Crippen molar-refractivity contribution in [3.63, 3.8) is 0 Å². The van der Waals surface area contributed by atoms with E-state index < -0.39 is 0 Å². The third-order valence-corrected chi connectivity index (χ3v) is 1.17. The molecule has 0 fully saturated rings. The maximum Gasteiger partial charge on any atom is 0.213 e. The number of thiocarbonyl (C=S) groups is 1. The fourth-order valence-electron chi connectivity index (χ4n) is 0.478. The standard InChI is InChI=1S/C4H13N5S/c1-5-8-4(10)9(6-2)7-3/h5-7H,1-3H3,(H,8,10). The van der Waals surface area contributed by atoms with Crippen LogP contribution in [0.3, 0.4) is 0 Å². The number of nitrogens with one attached hydrogen (secondary N) is 4. The summed E-state index contributed by atoms with van der Waals surface area (Å²) in [6.07, 6.45) is 0. The molecular weight excluding hydrogens is 150 g/mol. The summed E-state index contributed by atoms with van der Waals surface area (Å²) in [7, 11) is 5.27. The Hall–Kier alpha value is -0.430. The molecule has 6 heteroatoms. The van der Waals surface area contributed by atoms with Crippen molar-refractivity contribution in [2.24, 2.45) is 0 Å². The van der Waals surface area contributed by atoms with Gasteiger partial charge in [-0.2, -0.15) is 0 Å². The average molecular weight is 163 g/mol. The topological polar surface area (TPSA) is 51.4 Å². The molecule has 0 radical (unpaired) electrons. The molecule has 5 nitrogen and oxygen atoms in total. The first-order valence-corrected chi connectivity index (χ1v) is 3.28. The summed E-state index contributed by atoms with van der Waals surface area (Å²) in [5.41, 5.74) is 11.1. The van der Waals surface area contributed by atoms with E-state index in [-0.39, 0.29) is 0 Å². The molecule has 0 saturated heterocycles. The monoisotopic (exact) mass is 163 g/mol. The first-order valence-electron chi connectivity index (χ1n) is 2.87. The third kappa shape index (κ3) is 2.92. The van der Waals surface area contributed by atoms with Crippen molar-refractivity contribution >= 4 is 17.3 Å². The number of rotatable bonds is 3. The Balaban J connectivity index is 3.65. The van der Waals surface area contributed by atoms with Gasteiger partial charge in [0.1, 0.15) is 0 Å². The fraction of sp³-hybridized carbons (Fsp3) is 0.750. The molecule has 0 aromatic rings. The zero-order chi connectivity index (χ0) is 7.98. The summed E-state index contributed by atoms with van der Waals surface area (Å²) in [4.78, 5) is 0. The molecule has 4 N–H and O–H groups in total. The molecular formula is C4H13N5S. The van der Waals surface area contributed by atoms with Gasteiger partial charge < -0.3 is 0 Å². The van der Waals surface area contributed by atoms with Crippen LogP contribution < -0.4 is 21.7 Å². The molecule has 0 heterocycles. The summed E-state index contributed by atoms with van der Waals surface area (Å²) in [5.74, 6) is 0. The number of hydrazine groups is 3. The van der Waals surface area contributed by atoms with Gasteiger partial charge in [-0.3, -0.25) is 5.43 Å².